The molecule has 2 aliphatic heterocycles. The zero-order chi connectivity index (χ0) is 27.6. The number of rotatable bonds is 7. The molecule has 204 valence electrons. The van der Waals surface area contributed by atoms with Gasteiger partial charge in [-0.25, -0.2) is 0 Å². The molecule has 0 aromatic heterocycles. The minimum Gasteiger partial charge on any atom is -0.366 e. The van der Waals surface area contributed by atoms with Gasteiger partial charge in [-0.2, -0.15) is 13.2 Å². The molecule has 1 saturated heterocycles. The van der Waals surface area contributed by atoms with Crippen molar-refractivity contribution in [1.82, 2.24) is 15.1 Å². The van der Waals surface area contributed by atoms with Gasteiger partial charge in [0.2, 0.25) is 0 Å². The molecule has 1 fully saturated rings. The Morgan fingerprint density at radius 2 is 1.69 bits per heavy atom. The Labute approximate surface area is 227 Å². The molecule has 0 radical (unpaired) electrons. The fourth-order valence-corrected chi connectivity index (χ4v) is 5.42. The predicted octanol–water partition coefficient (Wildman–Crippen LogP) is 5.41. The minimum absolute atomic E-state index is 0.0909. The quantitative estimate of drug-likeness (QED) is 0.412. The first kappa shape index (κ1) is 27.1. The number of nitrogens with one attached hydrogen (secondary N) is 1. The van der Waals surface area contributed by atoms with Gasteiger partial charge in [-0.1, -0.05) is 49.4 Å². The first-order valence-electron chi connectivity index (χ1n) is 13.4. The van der Waals surface area contributed by atoms with E-state index in [-0.39, 0.29) is 24.3 Å². The molecular weight excluding hydrogens is 501 g/mol. The fraction of sp³-hybridized carbons (Fsp3) is 0.355. The van der Waals surface area contributed by atoms with Gasteiger partial charge in [-0.05, 0) is 52.6 Å². The molecule has 0 atom stereocenters. The third kappa shape index (κ3) is 6.07. The molecule has 0 bridgehead atoms. The SMILES string of the molecule is CCN1CCN(Cc2ccc(CC(=O)c3cccc(-c4ccc5c(c4)CNC5=NC)c3)cc2C(F)(F)F)CC1. The lowest BCUT2D eigenvalue weighted by molar-refractivity contribution is -0.138. The molecular formula is C31H33F3N4O. The van der Waals surface area contributed by atoms with Crippen LogP contribution < -0.4 is 5.32 Å². The Kier molecular flexibility index (Phi) is 7.86. The molecule has 5 rings (SSSR count). The van der Waals surface area contributed by atoms with E-state index in [1.165, 1.54) is 0 Å². The van der Waals surface area contributed by atoms with Crippen LogP contribution >= 0.6 is 0 Å². The maximum atomic E-state index is 14.0. The van der Waals surface area contributed by atoms with Crippen LogP contribution in [0.4, 0.5) is 13.2 Å². The second-order valence-corrected chi connectivity index (χ2v) is 10.2. The number of piperazine rings is 1. The van der Waals surface area contributed by atoms with Crippen molar-refractivity contribution in [3.05, 3.63) is 94.0 Å². The van der Waals surface area contributed by atoms with Crippen LogP contribution in [0.15, 0.2) is 65.7 Å². The van der Waals surface area contributed by atoms with Crippen LogP contribution in [-0.4, -0.2) is 61.2 Å². The zero-order valence-electron chi connectivity index (χ0n) is 22.3. The topological polar surface area (TPSA) is 47.9 Å². The normalized spacial score (nSPS) is 17.3. The first-order valence-corrected chi connectivity index (χ1v) is 13.4. The summed E-state index contributed by atoms with van der Waals surface area (Å²) in [6.07, 6.45) is -4.57. The maximum absolute atomic E-state index is 14.0. The van der Waals surface area contributed by atoms with Crippen molar-refractivity contribution >= 4 is 11.6 Å². The number of hydrogen-bond donors (Lipinski definition) is 1. The Balaban J connectivity index is 1.32. The Bertz CT molecular complexity index is 1390. The lowest BCUT2D eigenvalue weighted by Gasteiger charge is -2.34. The number of Topliss-reactive ketones (excluding diaryl/α,β-unsaturated/α-hetero) is 1. The van der Waals surface area contributed by atoms with Crippen LogP contribution in [0, 0.1) is 0 Å². The highest BCUT2D eigenvalue weighted by Gasteiger charge is 2.34. The number of carbonyl (C=O) groups is 1. The van der Waals surface area contributed by atoms with Crippen LogP contribution in [0.25, 0.3) is 11.1 Å². The number of likely N-dealkylation sites (N-methyl/N-ethyl adjacent to an activating group) is 1. The van der Waals surface area contributed by atoms with Gasteiger partial charge in [0.05, 0.1) is 5.56 Å². The lowest BCUT2D eigenvalue weighted by atomic mass is 9.95. The van der Waals surface area contributed by atoms with Crippen molar-refractivity contribution in [2.75, 3.05) is 39.8 Å². The van der Waals surface area contributed by atoms with E-state index >= 15 is 0 Å². The summed E-state index contributed by atoms with van der Waals surface area (Å²) in [6, 6.07) is 17.7. The largest absolute Gasteiger partial charge is 0.416 e. The van der Waals surface area contributed by atoms with Crippen molar-refractivity contribution in [2.45, 2.75) is 32.6 Å². The van der Waals surface area contributed by atoms with E-state index in [2.05, 4.69) is 33.1 Å². The molecule has 8 heteroatoms. The van der Waals surface area contributed by atoms with E-state index in [9.17, 15) is 18.0 Å². The second-order valence-electron chi connectivity index (χ2n) is 10.2. The molecule has 39 heavy (non-hydrogen) atoms. The second kappa shape index (κ2) is 11.3. The Hall–Kier alpha value is -3.49. The number of carbonyl (C=O) groups excluding carboxylic acids is 1. The van der Waals surface area contributed by atoms with Crippen molar-refractivity contribution < 1.29 is 18.0 Å². The summed E-state index contributed by atoms with van der Waals surface area (Å²) in [5.74, 6) is 0.653. The summed E-state index contributed by atoms with van der Waals surface area (Å²) in [7, 11) is 1.75. The average molecular weight is 535 g/mol. The molecule has 0 aliphatic carbocycles. The smallest absolute Gasteiger partial charge is 0.366 e. The number of benzene rings is 3. The standard InChI is InChI=1S/C31H33F3N4O/c1-3-37-11-13-38(14-12-37)20-25-8-7-21(15-28(25)31(32,33)34)16-29(39)24-6-4-5-22(17-24)23-9-10-27-26(18-23)19-36-30(27)35-2/h4-10,15,17-18H,3,11-14,16,19-20H2,1-2H3,(H,35,36). The van der Waals surface area contributed by atoms with Gasteiger partial charge >= 0.3 is 6.18 Å². The number of halogens is 3. The van der Waals surface area contributed by atoms with Gasteiger partial charge in [-0.3, -0.25) is 14.7 Å². The van der Waals surface area contributed by atoms with Crippen LogP contribution in [0.3, 0.4) is 0 Å². The fourth-order valence-electron chi connectivity index (χ4n) is 5.42. The van der Waals surface area contributed by atoms with Crippen LogP contribution in [0.2, 0.25) is 0 Å². The van der Waals surface area contributed by atoms with Gasteiger partial charge in [0.25, 0.3) is 0 Å². The van der Waals surface area contributed by atoms with E-state index in [1.54, 1.807) is 25.2 Å². The number of nitrogens with zero attached hydrogens (tertiary/aromatic N) is 3. The van der Waals surface area contributed by atoms with Crippen LogP contribution in [-0.2, 0) is 25.7 Å². The van der Waals surface area contributed by atoms with Gasteiger partial charge < -0.3 is 10.2 Å². The summed E-state index contributed by atoms with van der Waals surface area (Å²) >= 11 is 0. The molecule has 3 aromatic carbocycles. The van der Waals surface area contributed by atoms with E-state index in [0.29, 0.717) is 17.7 Å². The van der Waals surface area contributed by atoms with E-state index < -0.39 is 11.7 Å². The number of alkyl halides is 3. The van der Waals surface area contributed by atoms with Gasteiger partial charge in [0.15, 0.2) is 5.78 Å². The van der Waals surface area contributed by atoms with E-state index in [0.717, 1.165) is 66.9 Å². The third-order valence-electron chi connectivity index (χ3n) is 7.70. The number of aliphatic imine (C=N–C) groups is 1. The van der Waals surface area contributed by atoms with E-state index in [4.69, 9.17) is 0 Å². The predicted molar refractivity (Wildman–Crippen MR) is 148 cm³/mol. The molecule has 1 N–H and O–H groups in total. The summed E-state index contributed by atoms with van der Waals surface area (Å²) in [6.45, 7) is 7.21. The number of hydrogen-bond acceptors (Lipinski definition) is 4. The Morgan fingerprint density at radius 3 is 2.41 bits per heavy atom. The van der Waals surface area contributed by atoms with Gasteiger partial charge in [-0.15, -0.1) is 0 Å². The van der Waals surface area contributed by atoms with Crippen molar-refractivity contribution in [2.24, 2.45) is 4.99 Å². The third-order valence-corrected chi connectivity index (χ3v) is 7.70. The summed E-state index contributed by atoms with van der Waals surface area (Å²) < 4.78 is 42.1. The molecule has 5 nitrogen and oxygen atoms in total. The minimum atomic E-state index is -4.48. The zero-order valence-corrected chi connectivity index (χ0v) is 22.3. The molecule has 0 unspecified atom stereocenters. The van der Waals surface area contributed by atoms with Gasteiger partial charge in [0.1, 0.15) is 5.84 Å². The number of amidine groups is 1. The average Bonchev–Trinajstić information content (AvgIpc) is 3.36. The molecule has 3 aromatic rings. The highest BCUT2D eigenvalue weighted by molar-refractivity contribution is 6.03. The summed E-state index contributed by atoms with van der Waals surface area (Å²) in [5.41, 5.74) is 4.53. The van der Waals surface area contributed by atoms with Crippen molar-refractivity contribution in [1.29, 1.82) is 0 Å². The van der Waals surface area contributed by atoms with Crippen molar-refractivity contribution in [3.8, 4) is 11.1 Å². The maximum Gasteiger partial charge on any atom is 0.416 e. The van der Waals surface area contributed by atoms with Gasteiger partial charge in [0, 0.05) is 63.9 Å². The van der Waals surface area contributed by atoms with Crippen LogP contribution in [0.5, 0.6) is 0 Å². The van der Waals surface area contributed by atoms with Crippen LogP contribution in [0.1, 0.15) is 45.1 Å². The number of ketones is 1. The summed E-state index contributed by atoms with van der Waals surface area (Å²) in [5, 5.41) is 3.26. The van der Waals surface area contributed by atoms with Crippen molar-refractivity contribution in [3.63, 3.8) is 0 Å². The molecule has 0 amide bonds. The molecule has 2 heterocycles. The monoisotopic (exact) mass is 534 g/mol. The lowest BCUT2D eigenvalue weighted by Crippen LogP contribution is -2.45. The highest BCUT2D eigenvalue weighted by Crippen LogP contribution is 2.34. The Morgan fingerprint density at radius 1 is 0.949 bits per heavy atom. The molecule has 0 spiro atoms. The van der Waals surface area contributed by atoms with E-state index in [1.807, 2.05) is 30.3 Å². The summed E-state index contributed by atoms with van der Waals surface area (Å²) in [4.78, 5) is 21.8. The number of fused-ring (bicyclic) bond motifs is 1. The highest BCUT2D eigenvalue weighted by atomic mass is 19.4. The first-order chi connectivity index (χ1) is 18.7. The molecule has 2 aliphatic rings. The molecule has 0 saturated carbocycles.